The number of nitrogens with zero attached hydrogens (tertiary/aromatic N) is 2. The number of aromatic nitrogens is 2. The lowest BCUT2D eigenvalue weighted by Gasteiger charge is -2.17. The van der Waals surface area contributed by atoms with Crippen LogP contribution in [0.1, 0.15) is 59.1 Å². The second-order valence-corrected chi connectivity index (χ2v) is 5.39. The number of imidazole rings is 1. The molecule has 0 aliphatic carbocycles. The lowest BCUT2D eigenvalue weighted by Crippen LogP contribution is -2.12. The predicted molar refractivity (Wildman–Crippen MR) is 89.6 cm³/mol. The van der Waals surface area contributed by atoms with Crippen LogP contribution in [0.2, 0.25) is 0 Å². The maximum absolute atomic E-state index is 12.0. The molecule has 0 radical (unpaired) electrons. The summed E-state index contributed by atoms with van der Waals surface area (Å²) in [5.74, 6) is -0.647. The number of rotatable bonds is 6. The molecule has 0 fully saturated rings. The molecule has 128 valence electrons. The average molecular weight is 330 g/mol. The van der Waals surface area contributed by atoms with Gasteiger partial charge in [0.25, 0.3) is 0 Å². The molecule has 24 heavy (non-hydrogen) atoms. The van der Waals surface area contributed by atoms with E-state index in [4.69, 9.17) is 9.47 Å². The Hall–Kier alpha value is -2.63. The van der Waals surface area contributed by atoms with Crippen LogP contribution in [0.5, 0.6) is 0 Å². The van der Waals surface area contributed by atoms with Crippen molar-refractivity contribution >= 4 is 11.9 Å². The summed E-state index contributed by atoms with van der Waals surface area (Å²) in [4.78, 5) is 27.8. The molecule has 0 atom stereocenters. The highest BCUT2D eigenvalue weighted by Gasteiger charge is 2.24. The van der Waals surface area contributed by atoms with Crippen LogP contribution in [0, 0.1) is 0 Å². The maximum atomic E-state index is 12.0. The number of benzene rings is 1. The molecule has 0 bridgehead atoms. The molecule has 0 unspecified atom stereocenters. The van der Waals surface area contributed by atoms with Crippen molar-refractivity contribution < 1.29 is 19.1 Å². The van der Waals surface area contributed by atoms with Crippen LogP contribution in [0.3, 0.4) is 0 Å². The van der Waals surface area contributed by atoms with Gasteiger partial charge >= 0.3 is 11.9 Å². The molecule has 1 aromatic carbocycles. The first-order valence-corrected chi connectivity index (χ1v) is 7.91. The van der Waals surface area contributed by atoms with Crippen LogP contribution in [0.4, 0.5) is 0 Å². The Kier molecular flexibility index (Phi) is 5.73. The molecule has 0 aliphatic heterocycles. The number of hydrogen-bond donors (Lipinski definition) is 0. The van der Waals surface area contributed by atoms with E-state index in [1.54, 1.807) is 30.6 Å². The minimum atomic E-state index is -0.443. The molecular formula is C18H22N2O4. The molecule has 2 rings (SSSR count). The van der Waals surface area contributed by atoms with Crippen molar-refractivity contribution in [3.63, 3.8) is 0 Å². The first-order chi connectivity index (χ1) is 11.6. The van der Waals surface area contributed by atoms with Gasteiger partial charge in [0.1, 0.15) is 6.33 Å². The second-order valence-electron chi connectivity index (χ2n) is 5.39. The van der Waals surface area contributed by atoms with Crippen LogP contribution < -0.4 is 0 Å². The van der Waals surface area contributed by atoms with Gasteiger partial charge in [0.2, 0.25) is 0 Å². The van der Waals surface area contributed by atoms with Gasteiger partial charge in [0, 0.05) is 11.6 Å². The first-order valence-electron chi connectivity index (χ1n) is 7.91. The van der Waals surface area contributed by atoms with Crippen molar-refractivity contribution in [1.29, 1.82) is 0 Å². The summed E-state index contributed by atoms with van der Waals surface area (Å²) in [6.07, 6.45) is 3.38. The quantitative estimate of drug-likeness (QED) is 0.760. The summed E-state index contributed by atoms with van der Waals surface area (Å²) < 4.78 is 11.4. The smallest absolute Gasteiger partial charge is 0.358 e. The number of esters is 2. The summed E-state index contributed by atoms with van der Waals surface area (Å²) >= 11 is 0. The Balaban J connectivity index is 2.51. The standard InChI is InChI=1S/C18H22N2O4/c1-5-12(6-2)16-15(18(22)24-4)19-11-20(16)14-9-7-13(8-10-14)17(21)23-3/h7-12H,5-6H2,1-4H3. The maximum Gasteiger partial charge on any atom is 0.358 e. The number of carbonyl (C=O) groups is 2. The van der Waals surface area contributed by atoms with Crippen LogP contribution in [-0.4, -0.2) is 35.7 Å². The van der Waals surface area contributed by atoms with Crippen molar-refractivity contribution in [1.82, 2.24) is 9.55 Å². The van der Waals surface area contributed by atoms with Crippen molar-refractivity contribution in [2.24, 2.45) is 0 Å². The summed E-state index contributed by atoms with van der Waals surface area (Å²) in [5, 5.41) is 0. The van der Waals surface area contributed by atoms with E-state index in [0.717, 1.165) is 24.2 Å². The van der Waals surface area contributed by atoms with E-state index in [9.17, 15) is 9.59 Å². The molecule has 6 nitrogen and oxygen atoms in total. The van der Waals surface area contributed by atoms with Gasteiger partial charge in [-0.1, -0.05) is 13.8 Å². The van der Waals surface area contributed by atoms with Gasteiger partial charge in [-0.05, 0) is 37.1 Å². The Morgan fingerprint density at radius 3 is 2.12 bits per heavy atom. The molecule has 0 saturated heterocycles. The van der Waals surface area contributed by atoms with Gasteiger partial charge in [0.05, 0.1) is 25.5 Å². The van der Waals surface area contributed by atoms with Gasteiger partial charge in [-0.25, -0.2) is 14.6 Å². The summed E-state index contributed by atoms with van der Waals surface area (Å²) in [6.45, 7) is 4.15. The normalized spacial score (nSPS) is 10.7. The molecule has 1 heterocycles. The van der Waals surface area contributed by atoms with E-state index in [1.807, 2.05) is 4.57 Å². The highest BCUT2D eigenvalue weighted by Crippen LogP contribution is 2.29. The lowest BCUT2D eigenvalue weighted by molar-refractivity contribution is 0.0587. The topological polar surface area (TPSA) is 70.4 Å². The third kappa shape index (κ3) is 3.32. The van der Waals surface area contributed by atoms with Gasteiger partial charge in [-0.3, -0.25) is 0 Å². The zero-order chi connectivity index (χ0) is 17.7. The zero-order valence-corrected chi connectivity index (χ0v) is 14.4. The molecule has 0 saturated carbocycles. The first kappa shape index (κ1) is 17.7. The molecule has 6 heteroatoms. The van der Waals surface area contributed by atoms with Crippen molar-refractivity contribution in [2.45, 2.75) is 32.6 Å². The number of hydrogen-bond acceptors (Lipinski definition) is 5. The SMILES string of the molecule is CCC(CC)c1c(C(=O)OC)ncn1-c1ccc(C(=O)OC)cc1. The zero-order valence-electron chi connectivity index (χ0n) is 14.4. The van der Waals surface area contributed by atoms with Gasteiger partial charge in [0.15, 0.2) is 5.69 Å². The van der Waals surface area contributed by atoms with E-state index in [2.05, 4.69) is 18.8 Å². The summed E-state index contributed by atoms with van der Waals surface area (Å²) in [6, 6.07) is 6.99. The molecule has 0 aliphatic rings. The highest BCUT2D eigenvalue weighted by atomic mass is 16.5. The fourth-order valence-electron chi connectivity index (χ4n) is 2.76. The minimum absolute atomic E-state index is 0.182. The predicted octanol–water partition coefficient (Wildman–Crippen LogP) is 3.35. The molecule has 0 spiro atoms. The molecule has 1 aromatic heterocycles. The van der Waals surface area contributed by atoms with Crippen LogP contribution in [0.15, 0.2) is 30.6 Å². The average Bonchev–Trinajstić information content (AvgIpc) is 3.06. The van der Waals surface area contributed by atoms with Gasteiger partial charge < -0.3 is 14.0 Å². The Morgan fingerprint density at radius 1 is 1.04 bits per heavy atom. The highest BCUT2D eigenvalue weighted by molar-refractivity contribution is 5.90. The van der Waals surface area contributed by atoms with Crippen LogP contribution >= 0.6 is 0 Å². The Bertz CT molecular complexity index is 715. The molecule has 2 aromatic rings. The number of methoxy groups -OCH3 is 2. The lowest BCUT2D eigenvalue weighted by atomic mass is 9.97. The summed E-state index contributed by atoms with van der Waals surface area (Å²) in [7, 11) is 2.70. The molecule has 0 amide bonds. The van der Waals surface area contributed by atoms with E-state index in [0.29, 0.717) is 11.3 Å². The van der Waals surface area contributed by atoms with Crippen molar-refractivity contribution in [2.75, 3.05) is 14.2 Å². The Labute approximate surface area is 141 Å². The summed E-state index contributed by atoms with van der Waals surface area (Å²) in [5.41, 5.74) is 2.46. The number of carbonyl (C=O) groups excluding carboxylic acids is 2. The van der Waals surface area contributed by atoms with Crippen molar-refractivity contribution in [3.8, 4) is 5.69 Å². The van der Waals surface area contributed by atoms with Crippen LogP contribution in [0.25, 0.3) is 5.69 Å². The second kappa shape index (κ2) is 7.77. The van der Waals surface area contributed by atoms with E-state index in [1.165, 1.54) is 14.2 Å². The van der Waals surface area contributed by atoms with E-state index in [-0.39, 0.29) is 11.9 Å². The van der Waals surface area contributed by atoms with Gasteiger partial charge in [-0.2, -0.15) is 0 Å². The van der Waals surface area contributed by atoms with E-state index < -0.39 is 5.97 Å². The minimum Gasteiger partial charge on any atom is -0.465 e. The fraction of sp³-hybridized carbons (Fsp3) is 0.389. The third-order valence-corrected chi connectivity index (χ3v) is 4.12. The third-order valence-electron chi connectivity index (χ3n) is 4.12. The van der Waals surface area contributed by atoms with E-state index >= 15 is 0 Å². The molecule has 0 N–H and O–H groups in total. The van der Waals surface area contributed by atoms with Gasteiger partial charge in [-0.15, -0.1) is 0 Å². The largest absolute Gasteiger partial charge is 0.465 e. The fourth-order valence-corrected chi connectivity index (χ4v) is 2.76. The number of ether oxygens (including phenoxy) is 2. The monoisotopic (exact) mass is 330 g/mol. The van der Waals surface area contributed by atoms with Crippen LogP contribution in [-0.2, 0) is 9.47 Å². The van der Waals surface area contributed by atoms with Crippen molar-refractivity contribution in [3.05, 3.63) is 47.5 Å². The molecular weight excluding hydrogens is 308 g/mol. The Morgan fingerprint density at radius 2 is 1.62 bits per heavy atom.